The second kappa shape index (κ2) is 7.98. The molecule has 7 heteroatoms. The minimum Gasteiger partial charge on any atom is -0.397 e. The molecule has 1 fully saturated rings. The van der Waals surface area contributed by atoms with E-state index in [1.807, 2.05) is 13.8 Å². The Morgan fingerprint density at radius 2 is 2.15 bits per heavy atom. The summed E-state index contributed by atoms with van der Waals surface area (Å²) in [5, 5.41) is 7.15. The number of nitrogens with zero attached hydrogens (tertiary/aromatic N) is 1. The van der Waals surface area contributed by atoms with Gasteiger partial charge in [0.15, 0.2) is 0 Å². The fraction of sp³-hybridized carbons (Fsp3) is 0.500. The molecular weight excluding hydrogens is 367 g/mol. The van der Waals surface area contributed by atoms with Crippen molar-refractivity contribution in [3.63, 3.8) is 0 Å². The van der Waals surface area contributed by atoms with E-state index in [-0.39, 0.29) is 18.4 Å². The number of alkyl halides is 1. The number of piperidine rings is 1. The molecule has 1 amide bonds. The molecule has 3 rings (SSSR count). The first-order valence-electron chi connectivity index (χ1n) is 9.31. The van der Waals surface area contributed by atoms with Crippen molar-refractivity contribution in [2.24, 2.45) is 11.3 Å². The number of nitrogens with two attached hydrogens (primary N) is 1. The molecule has 0 radical (unpaired) electrons. The molecule has 1 aliphatic rings. The predicted octanol–water partition coefficient (Wildman–Crippen LogP) is 3.56. The highest BCUT2D eigenvalue weighted by Gasteiger charge is 2.42. The SMILES string of the molecule is CC(C)C(F)C1(CNC(=O)c2cc(Cl)c(N)c3cccnc23)CCNCC1. The van der Waals surface area contributed by atoms with Crippen molar-refractivity contribution < 1.29 is 9.18 Å². The van der Waals surface area contributed by atoms with Crippen LogP contribution in [0.25, 0.3) is 10.9 Å². The van der Waals surface area contributed by atoms with Crippen molar-refractivity contribution in [2.75, 3.05) is 25.4 Å². The first kappa shape index (κ1) is 19.8. The Hall–Kier alpha value is -1.92. The van der Waals surface area contributed by atoms with Gasteiger partial charge in [-0.15, -0.1) is 0 Å². The summed E-state index contributed by atoms with van der Waals surface area (Å²) in [6.45, 7) is 5.55. The van der Waals surface area contributed by atoms with E-state index < -0.39 is 11.6 Å². The number of benzene rings is 1. The van der Waals surface area contributed by atoms with Crippen molar-refractivity contribution in [3.8, 4) is 0 Å². The molecule has 1 saturated heterocycles. The van der Waals surface area contributed by atoms with Gasteiger partial charge in [-0.25, -0.2) is 4.39 Å². The quantitative estimate of drug-likeness (QED) is 0.679. The molecule has 5 nitrogen and oxygen atoms in total. The smallest absolute Gasteiger partial charge is 0.253 e. The van der Waals surface area contributed by atoms with E-state index in [1.54, 1.807) is 18.3 Å². The lowest BCUT2D eigenvalue weighted by Crippen LogP contribution is -2.51. The van der Waals surface area contributed by atoms with E-state index in [9.17, 15) is 4.79 Å². The van der Waals surface area contributed by atoms with Crippen LogP contribution in [0.2, 0.25) is 5.02 Å². The van der Waals surface area contributed by atoms with E-state index in [4.69, 9.17) is 17.3 Å². The fourth-order valence-corrected chi connectivity index (χ4v) is 4.16. The van der Waals surface area contributed by atoms with Crippen LogP contribution in [0.5, 0.6) is 0 Å². The molecular formula is C20H26ClFN4O. The summed E-state index contributed by atoms with van der Waals surface area (Å²) in [6, 6.07) is 5.06. The lowest BCUT2D eigenvalue weighted by atomic mass is 9.71. The third-order valence-electron chi connectivity index (χ3n) is 5.50. The summed E-state index contributed by atoms with van der Waals surface area (Å²) in [5.41, 5.74) is 6.70. The molecule has 0 spiro atoms. The summed E-state index contributed by atoms with van der Waals surface area (Å²) in [7, 11) is 0. The third kappa shape index (κ3) is 3.87. The number of fused-ring (bicyclic) bond motifs is 1. The summed E-state index contributed by atoms with van der Waals surface area (Å²) in [5.74, 6) is -0.414. The van der Waals surface area contributed by atoms with E-state index in [1.165, 1.54) is 6.07 Å². The number of anilines is 1. The Balaban J connectivity index is 1.87. The molecule has 2 heterocycles. The molecule has 2 aromatic rings. The van der Waals surface area contributed by atoms with Gasteiger partial charge in [0.25, 0.3) is 5.91 Å². The van der Waals surface area contributed by atoms with Gasteiger partial charge < -0.3 is 16.4 Å². The first-order valence-corrected chi connectivity index (χ1v) is 9.69. The molecule has 0 saturated carbocycles. The maximum Gasteiger partial charge on any atom is 0.253 e. The number of amides is 1. The van der Waals surface area contributed by atoms with Crippen LogP contribution in [-0.4, -0.2) is 36.7 Å². The highest BCUT2D eigenvalue weighted by molar-refractivity contribution is 6.35. The number of nitrogen functional groups attached to an aromatic ring is 1. The van der Waals surface area contributed by atoms with Crippen molar-refractivity contribution >= 4 is 34.1 Å². The molecule has 0 bridgehead atoms. The van der Waals surface area contributed by atoms with Gasteiger partial charge in [-0.1, -0.05) is 25.4 Å². The molecule has 4 N–H and O–H groups in total. The van der Waals surface area contributed by atoms with Gasteiger partial charge in [-0.2, -0.15) is 0 Å². The highest BCUT2D eigenvalue weighted by atomic mass is 35.5. The molecule has 1 aromatic carbocycles. The number of halogens is 2. The van der Waals surface area contributed by atoms with Crippen molar-refractivity contribution in [3.05, 3.63) is 35.0 Å². The van der Waals surface area contributed by atoms with Crippen LogP contribution >= 0.6 is 11.6 Å². The Bertz CT molecular complexity index is 836. The van der Waals surface area contributed by atoms with Gasteiger partial charge >= 0.3 is 0 Å². The second-order valence-corrected chi connectivity index (χ2v) is 8.07. The Morgan fingerprint density at radius 1 is 1.44 bits per heavy atom. The monoisotopic (exact) mass is 392 g/mol. The molecule has 1 atom stereocenters. The summed E-state index contributed by atoms with van der Waals surface area (Å²) >= 11 is 6.20. The fourth-order valence-electron chi connectivity index (χ4n) is 3.95. The highest BCUT2D eigenvalue weighted by Crippen LogP contribution is 2.38. The first-order chi connectivity index (χ1) is 12.9. The summed E-state index contributed by atoms with van der Waals surface area (Å²) < 4.78 is 15.1. The molecule has 1 aliphatic heterocycles. The number of carbonyl (C=O) groups excluding carboxylic acids is 1. The number of pyridine rings is 1. The predicted molar refractivity (Wildman–Crippen MR) is 108 cm³/mol. The van der Waals surface area contributed by atoms with E-state index in [2.05, 4.69) is 15.6 Å². The molecule has 146 valence electrons. The topological polar surface area (TPSA) is 80.0 Å². The van der Waals surface area contributed by atoms with Crippen LogP contribution in [0.15, 0.2) is 24.4 Å². The van der Waals surface area contributed by atoms with Crippen LogP contribution in [0.4, 0.5) is 10.1 Å². The lowest BCUT2D eigenvalue weighted by Gasteiger charge is -2.42. The number of hydrogen-bond acceptors (Lipinski definition) is 4. The van der Waals surface area contributed by atoms with Gasteiger partial charge in [-0.05, 0) is 50.0 Å². The summed E-state index contributed by atoms with van der Waals surface area (Å²) in [6.07, 6.45) is 2.00. The van der Waals surface area contributed by atoms with Gasteiger partial charge in [0.05, 0.1) is 21.8 Å². The van der Waals surface area contributed by atoms with Crippen LogP contribution in [0.1, 0.15) is 37.0 Å². The number of aromatic nitrogens is 1. The standard InChI is InChI=1S/C20H26ClFN4O/c1-12(2)18(22)20(5-8-24-9-6-20)11-26-19(27)14-10-15(21)16(23)13-4-3-7-25-17(13)14/h3-4,7,10,12,18,24H,5-6,8-9,11,23H2,1-2H3,(H,26,27). The van der Waals surface area contributed by atoms with E-state index in [0.717, 1.165) is 13.1 Å². The normalized spacial score (nSPS) is 17.8. The van der Waals surface area contributed by atoms with Crippen LogP contribution < -0.4 is 16.4 Å². The minimum absolute atomic E-state index is 0.103. The Morgan fingerprint density at radius 3 is 2.81 bits per heavy atom. The average Bonchev–Trinajstić information content (AvgIpc) is 2.69. The van der Waals surface area contributed by atoms with Gasteiger partial charge in [0.1, 0.15) is 6.17 Å². The maximum atomic E-state index is 15.1. The maximum absolute atomic E-state index is 15.1. The lowest BCUT2D eigenvalue weighted by molar-refractivity contribution is 0.0344. The van der Waals surface area contributed by atoms with Gasteiger partial charge in [-0.3, -0.25) is 9.78 Å². The third-order valence-corrected chi connectivity index (χ3v) is 5.81. The molecule has 27 heavy (non-hydrogen) atoms. The molecule has 1 unspecified atom stereocenters. The van der Waals surface area contributed by atoms with Crippen molar-refractivity contribution in [2.45, 2.75) is 32.9 Å². The van der Waals surface area contributed by atoms with Gasteiger partial charge in [0, 0.05) is 23.5 Å². The second-order valence-electron chi connectivity index (χ2n) is 7.66. The zero-order chi connectivity index (χ0) is 19.6. The molecule has 1 aromatic heterocycles. The number of carbonyl (C=O) groups is 1. The van der Waals surface area contributed by atoms with Crippen molar-refractivity contribution in [1.82, 2.24) is 15.6 Å². The number of hydrogen-bond donors (Lipinski definition) is 3. The Labute approximate surface area is 163 Å². The molecule has 0 aliphatic carbocycles. The summed E-state index contributed by atoms with van der Waals surface area (Å²) in [4.78, 5) is 17.2. The Kier molecular flexibility index (Phi) is 5.86. The van der Waals surface area contributed by atoms with Gasteiger partial charge in [0.2, 0.25) is 0 Å². The van der Waals surface area contributed by atoms with E-state index in [0.29, 0.717) is 40.0 Å². The largest absolute Gasteiger partial charge is 0.397 e. The van der Waals surface area contributed by atoms with E-state index >= 15 is 4.39 Å². The number of rotatable bonds is 5. The van der Waals surface area contributed by atoms with Crippen molar-refractivity contribution in [1.29, 1.82) is 0 Å². The number of nitrogens with one attached hydrogen (secondary N) is 2. The zero-order valence-corrected chi connectivity index (χ0v) is 16.4. The van der Waals surface area contributed by atoms with Crippen LogP contribution in [0.3, 0.4) is 0 Å². The van der Waals surface area contributed by atoms with Crippen LogP contribution in [-0.2, 0) is 0 Å². The van der Waals surface area contributed by atoms with Crippen LogP contribution in [0, 0.1) is 11.3 Å². The minimum atomic E-state index is -0.982. The zero-order valence-electron chi connectivity index (χ0n) is 15.7. The average molecular weight is 393 g/mol.